The highest BCUT2D eigenvalue weighted by molar-refractivity contribution is 9.10. The van der Waals surface area contributed by atoms with Gasteiger partial charge in [0.1, 0.15) is 6.61 Å². The molecule has 2 N–H and O–H groups in total. The molecule has 0 aliphatic carbocycles. The minimum Gasteiger partial charge on any atom is -0.486 e. The average molecular weight is 580 g/mol. The van der Waals surface area contributed by atoms with Crippen molar-refractivity contribution in [3.8, 4) is 5.75 Å². The topological polar surface area (TPSA) is 50.4 Å². The molecule has 1 aliphatic rings. The first-order chi connectivity index (χ1) is 17.5. The van der Waals surface area contributed by atoms with Crippen LogP contribution in [0.1, 0.15) is 23.6 Å². The highest BCUT2D eigenvalue weighted by Gasteiger charge is 2.27. The third kappa shape index (κ3) is 5.72. The first-order valence-corrected chi connectivity index (χ1v) is 13.7. The van der Waals surface area contributed by atoms with E-state index in [2.05, 4.69) is 76.0 Å². The van der Waals surface area contributed by atoms with Crippen molar-refractivity contribution < 1.29 is 9.53 Å². The van der Waals surface area contributed by atoms with Crippen molar-refractivity contribution in [2.45, 2.75) is 25.4 Å². The van der Waals surface area contributed by atoms with Gasteiger partial charge in [0.05, 0.1) is 14.4 Å². The number of fused-ring (bicyclic) bond motifs is 1. The smallest absolute Gasteiger partial charge is 0.260 e. The lowest BCUT2D eigenvalue weighted by atomic mass is 10.1. The minimum atomic E-state index is -0.236. The van der Waals surface area contributed by atoms with Crippen molar-refractivity contribution in [3.63, 3.8) is 0 Å². The number of nitrogens with one attached hydrogen (secondary N) is 2. The summed E-state index contributed by atoms with van der Waals surface area (Å²) in [6.45, 7) is 2.52. The van der Waals surface area contributed by atoms with Crippen LogP contribution in [0.5, 0.6) is 5.75 Å². The van der Waals surface area contributed by atoms with Crippen molar-refractivity contribution >= 4 is 67.7 Å². The monoisotopic (exact) mass is 578 g/mol. The summed E-state index contributed by atoms with van der Waals surface area (Å²) < 4.78 is 6.79. The van der Waals surface area contributed by atoms with Gasteiger partial charge < -0.3 is 15.4 Å². The third-order valence-electron chi connectivity index (χ3n) is 5.91. The maximum absolute atomic E-state index is 12.6. The zero-order chi connectivity index (χ0) is 25.1. The fourth-order valence-electron chi connectivity index (χ4n) is 3.99. The summed E-state index contributed by atoms with van der Waals surface area (Å²) in [5.74, 6) is 0.456. The van der Waals surface area contributed by atoms with Gasteiger partial charge in [0.25, 0.3) is 5.91 Å². The quantitative estimate of drug-likeness (QED) is 0.218. The van der Waals surface area contributed by atoms with E-state index in [-0.39, 0.29) is 11.4 Å². The predicted molar refractivity (Wildman–Crippen MR) is 154 cm³/mol. The SMILES string of the molecule is CCc1ccc(N[C@H]2NC(=O)/C(=C/c3cc(Cl)c(OCc4ccc5ccccc5c4)c(Br)c3)S2)cc1. The number of hydrogen-bond donors (Lipinski definition) is 2. The molecule has 0 saturated carbocycles. The zero-order valence-corrected chi connectivity index (χ0v) is 22.7. The van der Waals surface area contributed by atoms with E-state index >= 15 is 0 Å². The first kappa shape index (κ1) is 24.8. The highest BCUT2D eigenvalue weighted by atomic mass is 79.9. The van der Waals surface area contributed by atoms with Gasteiger partial charge in [-0.05, 0) is 86.2 Å². The van der Waals surface area contributed by atoms with Gasteiger partial charge in [-0.1, -0.05) is 78.8 Å². The molecular formula is C29H24BrClN2O2S. The van der Waals surface area contributed by atoms with Gasteiger partial charge in [0.15, 0.2) is 11.2 Å². The number of aryl methyl sites for hydroxylation is 1. The van der Waals surface area contributed by atoms with Gasteiger partial charge in [-0.15, -0.1) is 0 Å². The summed E-state index contributed by atoms with van der Waals surface area (Å²) in [6.07, 6.45) is 2.83. The number of hydrogen-bond acceptors (Lipinski definition) is 4. The van der Waals surface area contributed by atoms with E-state index in [0.717, 1.165) is 27.7 Å². The lowest BCUT2D eigenvalue weighted by Crippen LogP contribution is -2.30. The van der Waals surface area contributed by atoms with E-state index < -0.39 is 0 Å². The molecule has 1 fully saturated rings. The second-order valence-electron chi connectivity index (χ2n) is 8.46. The Kier molecular flexibility index (Phi) is 7.56. The zero-order valence-electron chi connectivity index (χ0n) is 19.6. The molecule has 1 saturated heterocycles. The fraction of sp³-hybridized carbons (Fsp3) is 0.138. The Labute approximate surface area is 228 Å². The van der Waals surface area contributed by atoms with Crippen molar-refractivity contribution in [1.82, 2.24) is 5.32 Å². The van der Waals surface area contributed by atoms with Crippen molar-refractivity contribution in [3.05, 3.63) is 110 Å². The number of halogens is 2. The number of benzene rings is 4. The van der Waals surface area contributed by atoms with Crippen LogP contribution in [0.2, 0.25) is 5.02 Å². The summed E-state index contributed by atoms with van der Waals surface area (Å²) in [7, 11) is 0. The van der Waals surface area contributed by atoms with E-state index in [9.17, 15) is 4.79 Å². The fourth-order valence-corrected chi connectivity index (χ4v) is 5.96. The number of rotatable bonds is 7. The van der Waals surface area contributed by atoms with E-state index in [1.165, 1.54) is 28.1 Å². The maximum Gasteiger partial charge on any atom is 0.260 e. The highest BCUT2D eigenvalue weighted by Crippen LogP contribution is 2.37. The number of thioether (sulfide) groups is 1. The second-order valence-corrected chi connectivity index (χ2v) is 10.9. The average Bonchev–Trinajstić information content (AvgIpc) is 3.22. The largest absolute Gasteiger partial charge is 0.486 e. The summed E-state index contributed by atoms with van der Waals surface area (Å²) >= 11 is 11.6. The molecule has 0 radical (unpaired) electrons. The van der Waals surface area contributed by atoms with Gasteiger partial charge in [0, 0.05) is 5.69 Å². The van der Waals surface area contributed by atoms with Crippen molar-refractivity contribution in [2.24, 2.45) is 0 Å². The van der Waals surface area contributed by atoms with Crippen LogP contribution < -0.4 is 15.4 Å². The van der Waals surface area contributed by atoms with Crippen LogP contribution in [-0.4, -0.2) is 11.4 Å². The molecule has 1 atom stereocenters. The number of anilines is 1. The van der Waals surface area contributed by atoms with Crippen LogP contribution in [0.25, 0.3) is 16.8 Å². The van der Waals surface area contributed by atoms with Gasteiger partial charge in [-0.2, -0.15) is 0 Å². The molecular weight excluding hydrogens is 556 g/mol. The number of carbonyl (C=O) groups excluding carboxylic acids is 1. The minimum absolute atomic E-state index is 0.119. The van der Waals surface area contributed by atoms with Crippen LogP contribution in [0, 0.1) is 0 Å². The Bertz CT molecular complexity index is 1430. The van der Waals surface area contributed by atoms with Crippen LogP contribution >= 0.6 is 39.3 Å². The van der Waals surface area contributed by atoms with Gasteiger partial charge >= 0.3 is 0 Å². The van der Waals surface area contributed by atoms with Crippen LogP contribution in [0.15, 0.2) is 88.2 Å². The van der Waals surface area contributed by atoms with E-state index in [1.807, 2.05) is 42.5 Å². The summed E-state index contributed by atoms with van der Waals surface area (Å²) in [5.41, 5.74) is 3.88. The summed E-state index contributed by atoms with van der Waals surface area (Å²) in [6, 6.07) is 26.5. The molecule has 36 heavy (non-hydrogen) atoms. The summed E-state index contributed by atoms with van der Waals surface area (Å²) in [5, 5.41) is 9.16. The molecule has 1 amide bonds. The second kappa shape index (κ2) is 11.0. The van der Waals surface area contributed by atoms with E-state index in [0.29, 0.717) is 22.3 Å². The number of amides is 1. The molecule has 4 aromatic carbocycles. The van der Waals surface area contributed by atoms with Gasteiger partial charge in [-0.25, -0.2) is 0 Å². The number of ether oxygens (including phenoxy) is 1. The van der Waals surface area contributed by atoms with Crippen molar-refractivity contribution in [1.29, 1.82) is 0 Å². The van der Waals surface area contributed by atoms with Gasteiger partial charge in [0.2, 0.25) is 0 Å². The van der Waals surface area contributed by atoms with Crippen LogP contribution in [-0.2, 0) is 17.8 Å². The molecule has 4 aromatic rings. The Morgan fingerprint density at radius 1 is 1.03 bits per heavy atom. The summed E-state index contributed by atoms with van der Waals surface area (Å²) in [4.78, 5) is 13.2. The van der Waals surface area contributed by atoms with Crippen molar-refractivity contribution in [2.75, 3.05) is 5.32 Å². The molecule has 0 unspecified atom stereocenters. The first-order valence-electron chi connectivity index (χ1n) is 11.6. The molecule has 182 valence electrons. The lowest BCUT2D eigenvalue weighted by molar-refractivity contribution is -0.116. The Balaban J connectivity index is 1.26. The molecule has 1 aliphatic heterocycles. The standard InChI is InChI=1S/C29H24BrClN2O2S/c1-2-18-8-11-23(12-9-18)32-29-33-28(34)26(36-29)16-20-14-24(30)27(25(31)15-20)35-17-19-7-10-21-5-3-4-6-22(21)13-19/h3-16,29,32H,2,17H2,1H3,(H,33,34)/b26-16-/t29-/m0/s1. The lowest BCUT2D eigenvalue weighted by Gasteiger charge is -2.13. The van der Waals surface area contributed by atoms with Crippen LogP contribution in [0.3, 0.4) is 0 Å². The third-order valence-corrected chi connectivity index (χ3v) is 7.80. The molecule has 1 heterocycles. The Morgan fingerprint density at radius 3 is 2.53 bits per heavy atom. The van der Waals surface area contributed by atoms with Gasteiger partial charge in [-0.3, -0.25) is 4.79 Å². The normalized spacial score (nSPS) is 16.4. The molecule has 0 aromatic heterocycles. The number of carbonyl (C=O) groups is 1. The van der Waals surface area contributed by atoms with Crippen LogP contribution in [0.4, 0.5) is 5.69 Å². The maximum atomic E-state index is 12.6. The molecule has 5 rings (SSSR count). The predicted octanol–water partition coefficient (Wildman–Crippen LogP) is 8.00. The van der Waals surface area contributed by atoms with E-state index in [4.69, 9.17) is 16.3 Å². The molecule has 7 heteroatoms. The molecule has 0 bridgehead atoms. The Morgan fingerprint density at radius 2 is 1.78 bits per heavy atom. The molecule has 0 spiro atoms. The molecule has 4 nitrogen and oxygen atoms in total. The Hall–Kier alpha value is -2.93. The van der Waals surface area contributed by atoms with E-state index in [1.54, 1.807) is 0 Å².